The third-order valence-electron chi connectivity index (χ3n) is 6.19. The minimum absolute atomic E-state index is 0.00352. The minimum Gasteiger partial charge on any atom is -0.373 e. The van der Waals surface area contributed by atoms with Crippen molar-refractivity contribution in [1.82, 2.24) is 15.2 Å². The Bertz CT molecular complexity index is 979. The van der Waals surface area contributed by atoms with E-state index in [-0.39, 0.29) is 18.1 Å². The SMILES string of the molecule is Cc1cccc(C)c1C(=O)NCC(c1cncs1)N1CCC(OCc2ccccc2)CC1. The van der Waals surface area contributed by atoms with E-state index >= 15 is 0 Å². The summed E-state index contributed by atoms with van der Waals surface area (Å²) in [6, 6.07) is 16.4. The molecule has 4 rings (SSSR count). The Morgan fingerprint density at radius 1 is 1.12 bits per heavy atom. The molecule has 1 aliphatic rings. The first kappa shape index (κ1) is 22.6. The molecule has 0 radical (unpaired) electrons. The summed E-state index contributed by atoms with van der Waals surface area (Å²) in [5, 5.41) is 3.19. The van der Waals surface area contributed by atoms with Crippen LogP contribution in [0, 0.1) is 13.8 Å². The lowest BCUT2D eigenvalue weighted by molar-refractivity contribution is -0.0109. The molecule has 0 aliphatic carbocycles. The number of nitrogens with zero attached hydrogens (tertiary/aromatic N) is 2. The lowest BCUT2D eigenvalue weighted by Gasteiger charge is -2.37. The van der Waals surface area contributed by atoms with Crippen LogP contribution in [0.2, 0.25) is 0 Å². The van der Waals surface area contributed by atoms with E-state index in [2.05, 4.69) is 27.3 Å². The molecule has 0 bridgehead atoms. The summed E-state index contributed by atoms with van der Waals surface area (Å²) >= 11 is 1.65. The number of thiazole rings is 1. The zero-order valence-corrected chi connectivity index (χ0v) is 19.6. The fourth-order valence-electron chi connectivity index (χ4n) is 4.39. The van der Waals surface area contributed by atoms with Gasteiger partial charge in [-0.15, -0.1) is 11.3 Å². The first-order chi connectivity index (χ1) is 15.6. The zero-order valence-electron chi connectivity index (χ0n) is 18.8. The molecular formula is C26H31N3O2S. The second kappa shape index (κ2) is 10.9. The highest BCUT2D eigenvalue weighted by Gasteiger charge is 2.28. The number of carbonyl (C=O) groups is 1. The van der Waals surface area contributed by atoms with Crippen LogP contribution in [0.25, 0.3) is 0 Å². The van der Waals surface area contributed by atoms with E-state index in [1.165, 1.54) is 10.4 Å². The first-order valence-electron chi connectivity index (χ1n) is 11.2. The Morgan fingerprint density at radius 2 is 1.84 bits per heavy atom. The molecule has 168 valence electrons. The highest BCUT2D eigenvalue weighted by molar-refractivity contribution is 7.09. The lowest BCUT2D eigenvalue weighted by atomic mass is 10.0. The largest absolute Gasteiger partial charge is 0.373 e. The number of ether oxygens (including phenoxy) is 1. The van der Waals surface area contributed by atoms with Crippen LogP contribution >= 0.6 is 11.3 Å². The maximum Gasteiger partial charge on any atom is 0.251 e. The summed E-state index contributed by atoms with van der Waals surface area (Å²) in [7, 11) is 0. The Labute approximate surface area is 194 Å². The summed E-state index contributed by atoms with van der Waals surface area (Å²) in [5.74, 6) is -0.00352. The van der Waals surface area contributed by atoms with Crippen molar-refractivity contribution in [2.45, 2.75) is 45.4 Å². The fraction of sp³-hybridized carbons (Fsp3) is 0.385. The van der Waals surface area contributed by atoms with Gasteiger partial charge in [-0.3, -0.25) is 14.7 Å². The average Bonchev–Trinajstić information content (AvgIpc) is 3.34. The van der Waals surface area contributed by atoms with Crippen LogP contribution in [-0.4, -0.2) is 41.5 Å². The smallest absolute Gasteiger partial charge is 0.251 e. The van der Waals surface area contributed by atoms with Crippen molar-refractivity contribution in [3.05, 3.63) is 87.4 Å². The molecular weight excluding hydrogens is 418 g/mol. The molecule has 1 amide bonds. The fourth-order valence-corrected chi connectivity index (χ4v) is 5.15. The van der Waals surface area contributed by atoms with Crippen molar-refractivity contribution in [2.24, 2.45) is 0 Å². The van der Waals surface area contributed by atoms with E-state index in [1.807, 2.05) is 62.0 Å². The van der Waals surface area contributed by atoms with Gasteiger partial charge in [-0.1, -0.05) is 48.5 Å². The van der Waals surface area contributed by atoms with Gasteiger partial charge in [0.25, 0.3) is 5.91 Å². The topological polar surface area (TPSA) is 54.5 Å². The van der Waals surface area contributed by atoms with Crippen molar-refractivity contribution in [1.29, 1.82) is 0 Å². The number of hydrogen-bond donors (Lipinski definition) is 1. The monoisotopic (exact) mass is 449 g/mol. The maximum absolute atomic E-state index is 13.0. The van der Waals surface area contributed by atoms with E-state index in [0.29, 0.717) is 13.2 Å². The molecule has 0 saturated carbocycles. The number of aryl methyl sites for hydroxylation is 2. The molecule has 32 heavy (non-hydrogen) atoms. The van der Waals surface area contributed by atoms with E-state index in [9.17, 15) is 4.79 Å². The highest BCUT2D eigenvalue weighted by Crippen LogP contribution is 2.28. The molecule has 0 spiro atoms. The number of piperidine rings is 1. The van der Waals surface area contributed by atoms with Crippen molar-refractivity contribution in [3.63, 3.8) is 0 Å². The summed E-state index contributed by atoms with van der Waals surface area (Å²) in [5.41, 5.74) is 5.88. The van der Waals surface area contributed by atoms with Crippen LogP contribution in [0.15, 0.2) is 60.2 Å². The average molecular weight is 450 g/mol. The molecule has 1 fully saturated rings. The van der Waals surface area contributed by atoms with Crippen molar-refractivity contribution >= 4 is 17.2 Å². The molecule has 1 atom stereocenters. The maximum atomic E-state index is 13.0. The second-order valence-corrected chi connectivity index (χ2v) is 9.35. The number of amides is 1. The molecule has 1 aliphatic heterocycles. The molecule has 3 aromatic rings. The van der Waals surface area contributed by atoms with Crippen molar-refractivity contribution in [2.75, 3.05) is 19.6 Å². The van der Waals surface area contributed by atoms with Gasteiger partial charge in [0.05, 0.1) is 24.3 Å². The predicted octanol–water partition coefficient (Wildman–Crippen LogP) is 4.91. The quantitative estimate of drug-likeness (QED) is 0.531. The van der Waals surface area contributed by atoms with Gasteiger partial charge in [0, 0.05) is 36.3 Å². The van der Waals surface area contributed by atoms with Crippen LogP contribution in [-0.2, 0) is 11.3 Å². The van der Waals surface area contributed by atoms with E-state index in [0.717, 1.165) is 42.6 Å². The van der Waals surface area contributed by atoms with Crippen LogP contribution in [0.4, 0.5) is 0 Å². The number of benzene rings is 2. The van der Waals surface area contributed by atoms with Crippen molar-refractivity contribution in [3.8, 4) is 0 Å². The molecule has 2 aromatic carbocycles. The summed E-state index contributed by atoms with van der Waals surface area (Å²) in [4.78, 5) is 20.9. The van der Waals surface area contributed by atoms with E-state index in [1.54, 1.807) is 11.3 Å². The number of likely N-dealkylation sites (tertiary alicyclic amines) is 1. The summed E-state index contributed by atoms with van der Waals surface area (Å²) in [6.45, 7) is 7.11. The predicted molar refractivity (Wildman–Crippen MR) is 129 cm³/mol. The van der Waals surface area contributed by atoms with E-state index < -0.39 is 0 Å². The summed E-state index contributed by atoms with van der Waals surface area (Å²) < 4.78 is 6.16. The first-order valence-corrected chi connectivity index (χ1v) is 12.1. The number of aromatic nitrogens is 1. The molecule has 1 saturated heterocycles. The third kappa shape index (κ3) is 5.63. The second-order valence-electron chi connectivity index (χ2n) is 8.43. The van der Waals surface area contributed by atoms with Gasteiger partial charge in [-0.25, -0.2) is 0 Å². The third-order valence-corrected chi connectivity index (χ3v) is 7.07. The van der Waals surface area contributed by atoms with Gasteiger partial charge in [-0.05, 0) is 43.4 Å². The highest BCUT2D eigenvalue weighted by atomic mass is 32.1. The molecule has 1 N–H and O–H groups in total. The molecule has 1 aromatic heterocycles. The van der Waals surface area contributed by atoms with Crippen LogP contribution in [0.5, 0.6) is 0 Å². The standard InChI is InChI=1S/C26H31N3O2S/c1-19-7-6-8-20(2)25(19)26(30)28-15-23(24-16-27-18-32-24)29-13-11-22(12-14-29)31-17-21-9-4-3-5-10-21/h3-10,16,18,22-23H,11-15,17H2,1-2H3,(H,28,30). The molecule has 6 heteroatoms. The zero-order chi connectivity index (χ0) is 22.3. The van der Waals surface area contributed by atoms with Crippen molar-refractivity contribution < 1.29 is 9.53 Å². The minimum atomic E-state index is -0.00352. The Balaban J connectivity index is 1.35. The number of nitrogens with one attached hydrogen (secondary N) is 1. The number of hydrogen-bond acceptors (Lipinski definition) is 5. The molecule has 5 nitrogen and oxygen atoms in total. The van der Waals surface area contributed by atoms with Gasteiger partial charge in [0.1, 0.15) is 0 Å². The Kier molecular flexibility index (Phi) is 7.68. The normalized spacial score (nSPS) is 16.1. The van der Waals surface area contributed by atoms with Crippen LogP contribution in [0.1, 0.15) is 50.8 Å². The lowest BCUT2D eigenvalue weighted by Crippen LogP contribution is -2.43. The molecule has 2 heterocycles. The van der Waals surface area contributed by atoms with Gasteiger partial charge in [-0.2, -0.15) is 0 Å². The number of rotatable bonds is 8. The Hall–Kier alpha value is -2.54. The van der Waals surface area contributed by atoms with Gasteiger partial charge >= 0.3 is 0 Å². The molecule has 1 unspecified atom stereocenters. The van der Waals surface area contributed by atoms with E-state index in [4.69, 9.17) is 4.74 Å². The Morgan fingerprint density at radius 3 is 2.50 bits per heavy atom. The van der Waals surface area contributed by atoms with Gasteiger partial charge in [0.15, 0.2) is 0 Å². The van der Waals surface area contributed by atoms with Crippen LogP contribution in [0.3, 0.4) is 0 Å². The summed E-state index contributed by atoms with van der Waals surface area (Å²) in [6.07, 6.45) is 4.19. The van der Waals surface area contributed by atoms with Gasteiger partial charge < -0.3 is 10.1 Å². The number of carbonyl (C=O) groups excluding carboxylic acids is 1. The van der Waals surface area contributed by atoms with Crippen LogP contribution < -0.4 is 5.32 Å². The van der Waals surface area contributed by atoms with Gasteiger partial charge in [0.2, 0.25) is 0 Å².